The van der Waals surface area contributed by atoms with Crippen molar-refractivity contribution >= 4 is 18.2 Å². The Hall–Kier alpha value is -1.65. The minimum Gasteiger partial charge on any atom is -0.458 e. The summed E-state index contributed by atoms with van der Waals surface area (Å²) in [5.74, 6) is -1.12. The Kier molecular flexibility index (Phi) is 4.86. The van der Waals surface area contributed by atoms with Gasteiger partial charge in [-0.3, -0.25) is 9.59 Å². The highest BCUT2D eigenvalue weighted by Crippen LogP contribution is 2.28. The lowest BCUT2D eigenvalue weighted by Crippen LogP contribution is -2.47. The first-order chi connectivity index (χ1) is 8.80. The second-order valence-corrected chi connectivity index (χ2v) is 5.67. The number of aldehydes is 1. The normalized spacial score (nSPS) is 23.0. The number of nitrogens with zero attached hydrogens (tertiary/aromatic N) is 1. The van der Waals surface area contributed by atoms with Crippen LogP contribution in [-0.2, 0) is 19.1 Å². The minimum atomic E-state index is -0.666. The molecule has 5 heteroatoms. The summed E-state index contributed by atoms with van der Waals surface area (Å²) in [6.07, 6.45) is 3.70. The third-order valence-corrected chi connectivity index (χ3v) is 2.98. The third-order valence-electron chi connectivity index (χ3n) is 2.98. The number of carbonyl (C=O) groups is 3. The van der Waals surface area contributed by atoms with E-state index in [1.165, 1.54) is 4.90 Å². The maximum Gasteiger partial charge on any atom is 0.329 e. The van der Waals surface area contributed by atoms with E-state index in [-0.39, 0.29) is 12.3 Å². The molecule has 1 rings (SSSR count). The summed E-state index contributed by atoms with van der Waals surface area (Å²) in [6, 6.07) is -0.811. The number of hydrogen-bond donors (Lipinski definition) is 0. The molecule has 0 N–H and O–H groups in total. The van der Waals surface area contributed by atoms with Crippen LogP contribution in [0.15, 0.2) is 12.7 Å². The van der Waals surface area contributed by atoms with Gasteiger partial charge in [0.25, 0.3) is 5.91 Å². The molecule has 0 aliphatic carbocycles. The third kappa shape index (κ3) is 3.91. The molecule has 19 heavy (non-hydrogen) atoms. The second-order valence-electron chi connectivity index (χ2n) is 5.67. The fraction of sp³-hybridized carbons (Fsp3) is 0.643. The van der Waals surface area contributed by atoms with Gasteiger partial charge in [-0.1, -0.05) is 6.08 Å². The fourth-order valence-corrected chi connectivity index (χ4v) is 2.30. The van der Waals surface area contributed by atoms with Crippen molar-refractivity contribution in [1.29, 1.82) is 0 Å². The molecule has 1 heterocycles. The van der Waals surface area contributed by atoms with Crippen LogP contribution < -0.4 is 0 Å². The van der Waals surface area contributed by atoms with E-state index >= 15 is 0 Å². The fourth-order valence-electron chi connectivity index (χ4n) is 2.30. The molecule has 5 nitrogen and oxygen atoms in total. The molecule has 1 aliphatic heterocycles. The zero-order valence-corrected chi connectivity index (χ0v) is 11.7. The lowest BCUT2D eigenvalue weighted by Gasteiger charge is -2.29. The topological polar surface area (TPSA) is 63.7 Å². The van der Waals surface area contributed by atoms with Gasteiger partial charge in [0.05, 0.1) is 0 Å². The number of likely N-dealkylation sites (tertiary alicyclic amines) is 1. The van der Waals surface area contributed by atoms with E-state index in [4.69, 9.17) is 4.74 Å². The molecule has 0 unspecified atom stereocenters. The highest BCUT2D eigenvalue weighted by molar-refractivity contribution is 6.24. The van der Waals surface area contributed by atoms with Gasteiger partial charge in [0, 0.05) is 6.04 Å². The predicted octanol–water partition coefficient (Wildman–Crippen LogP) is 1.46. The summed E-state index contributed by atoms with van der Waals surface area (Å²) in [6.45, 7) is 8.94. The van der Waals surface area contributed by atoms with Crippen molar-refractivity contribution in [2.24, 2.45) is 0 Å². The zero-order valence-electron chi connectivity index (χ0n) is 11.7. The van der Waals surface area contributed by atoms with Crippen LogP contribution in [-0.4, -0.2) is 40.7 Å². The van der Waals surface area contributed by atoms with Gasteiger partial charge >= 0.3 is 5.97 Å². The van der Waals surface area contributed by atoms with Crippen molar-refractivity contribution in [3.63, 3.8) is 0 Å². The Morgan fingerprint density at radius 1 is 1.37 bits per heavy atom. The van der Waals surface area contributed by atoms with Crippen LogP contribution in [0, 0.1) is 0 Å². The molecule has 0 saturated carbocycles. The lowest BCUT2D eigenvalue weighted by atomic mass is 10.1. The molecule has 0 aromatic heterocycles. The van der Waals surface area contributed by atoms with Gasteiger partial charge < -0.3 is 9.64 Å². The number of rotatable bonds is 4. The minimum absolute atomic E-state index is 0.146. The molecule has 0 aromatic rings. The van der Waals surface area contributed by atoms with E-state index in [0.29, 0.717) is 19.3 Å². The van der Waals surface area contributed by atoms with Gasteiger partial charge in [-0.15, -0.1) is 6.58 Å². The van der Waals surface area contributed by atoms with Crippen LogP contribution in [0.2, 0.25) is 0 Å². The van der Waals surface area contributed by atoms with E-state index in [2.05, 4.69) is 6.58 Å². The van der Waals surface area contributed by atoms with Crippen LogP contribution >= 0.6 is 0 Å². The molecule has 0 bridgehead atoms. The van der Waals surface area contributed by atoms with Crippen LogP contribution in [0.4, 0.5) is 0 Å². The van der Waals surface area contributed by atoms with Crippen molar-refractivity contribution in [2.45, 2.75) is 57.7 Å². The van der Waals surface area contributed by atoms with Gasteiger partial charge in [0.1, 0.15) is 11.6 Å². The van der Waals surface area contributed by atoms with E-state index < -0.39 is 23.5 Å². The lowest BCUT2D eigenvalue weighted by molar-refractivity contribution is -0.164. The smallest absolute Gasteiger partial charge is 0.329 e. The molecule has 1 saturated heterocycles. The average Bonchev–Trinajstić information content (AvgIpc) is 2.70. The number of amides is 1. The van der Waals surface area contributed by atoms with E-state index in [0.717, 1.165) is 0 Å². The summed E-state index contributed by atoms with van der Waals surface area (Å²) in [4.78, 5) is 35.8. The predicted molar refractivity (Wildman–Crippen MR) is 70.4 cm³/mol. The molecule has 0 aromatic carbocycles. The van der Waals surface area contributed by atoms with Crippen molar-refractivity contribution in [1.82, 2.24) is 4.90 Å². The largest absolute Gasteiger partial charge is 0.458 e. The van der Waals surface area contributed by atoms with Gasteiger partial charge in [-0.05, 0) is 40.0 Å². The molecule has 0 radical (unpaired) electrons. The number of hydrogen-bond acceptors (Lipinski definition) is 4. The van der Waals surface area contributed by atoms with Crippen LogP contribution in [0.1, 0.15) is 40.0 Å². The average molecular weight is 267 g/mol. The Morgan fingerprint density at radius 2 is 2.00 bits per heavy atom. The van der Waals surface area contributed by atoms with E-state index in [9.17, 15) is 14.4 Å². The Labute approximate surface area is 113 Å². The number of ether oxygens (including phenoxy) is 1. The van der Waals surface area contributed by atoms with Crippen LogP contribution in [0.3, 0.4) is 0 Å². The van der Waals surface area contributed by atoms with Crippen LogP contribution in [0.25, 0.3) is 0 Å². The van der Waals surface area contributed by atoms with Crippen molar-refractivity contribution in [3.05, 3.63) is 12.7 Å². The molecule has 1 fully saturated rings. The Morgan fingerprint density at radius 3 is 2.47 bits per heavy atom. The highest BCUT2D eigenvalue weighted by atomic mass is 16.6. The first-order valence-electron chi connectivity index (χ1n) is 6.41. The maximum absolute atomic E-state index is 12.1. The first-order valence-corrected chi connectivity index (χ1v) is 6.41. The summed E-state index contributed by atoms with van der Waals surface area (Å²) >= 11 is 0. The van der Waals surface area contributed by atoms with Gasteiger partial charge in [-0.25, -0.2) is 4.79 Å². The molecule has 1 aliphatic rings. The molecular formula is C14H21NO4. The van der Waals surface area contributed by atoms with Crippen molar-refractivity contribution < 1.29 is 19.1 Å². The van der Waals surface area contributed by atoms with E-state index in [1.54, 1.807) is 26.8 Å². The standard InChI is InChI=1S/C14H21NO4/c1-5-6-10-7-8-11(15(10)12(17)9-16)13(18)19-14(2,3)4/h5,9-11H,1,6-8H2,2-4H3/t10-,11-/m0/s1. The summed E-state index contributed by atoms with van der Waals surface area (Å²) in [7, 11) is 0. The molecule has 1 amide bonds. The second kappa shape index (κ2) is 5.99. The SMILES string of the molecule is C=CC[C@H]1CC[C@@H](C(=O)OC(C)(C)C)N1C(=O)C=O. The zero-order chi connectivity index (χ0) is 14.6. The van der Waals surface area contributed by atoms with Crippen LogP contribution in [0.5, 0.6) is 0 Å². The van der Waals surface area contributed by atoms with E-state index in [1.807, 2.05) is 0 Å². The van der Waals surface area contributed by atoms with Gasteiger partial charge in [-0.2, -0.15) is 0 Å². The first kappa shape index (κ1) is 15.4. The monoisotopic (exact) mass is 267 g/mol. The highest BCUT2D eigenvalue weighted by Gasteiger charge is 2.41. The number of carbonyl (C=O) groups excluding carboxylic acids is 3. The summed E-state index contributed by atoms with van der Waals surface area (Å²) in [5, 5.41) is 0. The Balaban J connectivity index is 2.87. The molecule has 2 atom stereocenters. The number of esters is 1. The quantitative estimate of drug-likeness (QED) is 0.335. The molecular weight excluding hydrogens is 246 g/mol. The molecule has 106 valence electrons. The summed E-state index contributed by atoms with van der Waals surface area (Å²) in [5.41, 5.74) is -0.608. The molecule has 0 spiro atoms. The van der Waals surface area contributed by atoms with Gasteiger partial charge in [0.15, 0.2) is 0 Å². The maximum atomic E-state index is 12.1. The van der Waals surface area contributed by atoms with Crippen molar-refractivity contribution in [3.8, 4) is 0 Å². The van der Waals surface area contributed by atoms with Crippen molar-refractivity contribution in [2.75, 3.05) is 0 Å². The van der Waals surface area contributed by atoms with Gasteiger partial charge in [0.2, 0.25) is 6.29 Å². The Bertz CT molecular complexity index is 383. The summed E-state index contributed by atoms with van der Waals surface area (Å²) < 4.78 is 5.30.